The molecule has 3 N–H and O–H groups in total. The van der Waals surface area contributed by atoms with Crippen LogP contribution in [0.4, 0.5) is 0 Å². The summed E-state index contributed by atoms with van der Waals surface area (Å²) in [4.78, 5) is 17.9. The fourth-order valence-corrected chi connectivity index (χ4v) is 8.88. The maximum atomic E-state index is 12.6. The molecule has 0 saturated heterocycles. The third-order valence-corrected chi connectivity index (χ3v) is 11.0. The van der Waals surface area contributed by atoms with Gasteiger partial charge in [0.1, 0.15) is 17.9 Å². The fourth-order valence-electron chi connectivity index (χ4n) is 7.67. The Balaban J connectivity index is 1.54. The molecule has 9 nitrogen and oxygen atoms in total. The van der Waals surface area contributed by atoms with Crippen LogP contribution in [-0.2, 0) is 23.2 Å². The first-order chi connectivity index (χ1) is 17.0. The minimum absolute atomic E-state index is 0.0583. The van der Waals surface area contributed by atoms with Crippen LogP contribution in [0.25, 0.3) is 0 Å². The number of hydrogen-bond donors (Lipinski definition) is 3. The largest absolute Gasteiger partial charge is 0.393 e. The van der Waals surface area contributed by atoms with Gasteiger partial charge in [-0.1, -0.05) is 30.7 Å². The first-order valence-electron chi connectivity index (χ1n) is 13.0. The predicted octanol–water partition coefficient (Wildman–Crippen LogP) is 3.58. The summed E-state index contributed by atoms with van der Waals surface area (Å²) in [7, 11) is -3.36. The Morgan fingerprint density at radius 2 is 1.92 bits per heavy atom. The third kappa shape index (κ3) is 4.36. The SMILES string of the molecule is CCOP(=O)(CO/N=C1/C=C[C@@]2(C)C(=C1)CCC1C2[C@@H](O)C[C@@]2(C)C1CC[C@]2(O)C(=O)CO)OCC. The first-order valence-corrected chi connectivity index (χ1v) is 14.7. The average molecular weight is 526 g/mol. The van der Waals surface area contributed by atoms with Crippen molar-refractivity contribution in [2.24, 2.45) is 33.7 Å². The second-order valence-electron chi connectivity index (χ2n) is 11.0. The first kappa shape index (κ1) is 27.7. The van der Waals surface area contributed by atoms with Gasteiger partial charge in [-0.3, -0.25) is 9.36 Å². The summed E-state index contributed by atoms with van der Waals surface area (Å²) < 4.78 is 23.1. The molecular formula is C26H40NO8P. The Morgan fingerprint density at radius 1 is 1.22 bits per heavy atom. The number of aliphatic hydroxyl groups is 3. The van der Waals surface area contributed by atoms with E-state index in [-0.39, 0.29) is 37.3 Å². The summed E-state index contributed by atoms with van der Waals surface area (Å²) in [6.45, 7) is 7.32. The Kier molecular flexibility index (Phi) is 7.75. The van der Waals surface area contributed by atoms with Crippen LogP contribution < -0.4 is 0 Å². The minimum atomic E-state index is -3.36. The van der Waals surface area contributed by atoms with Crippen molar-refractivity contribution < 1.29 is 38.6 Å². The summed E-state index contributed by atoms with van der Waals surface area (Å²) in [6.07, 6.45) is 7.88. The molecule has 0 radical (unpaired) electrons. The lowest BCUT2D eigenvalue weighted by molar-refractivity contribution is -0.178. The van der Waals surface area contributed by atoms with Crippen LogP contribution in [-0.4, -0.2) is 64.7 Å². The third-order valence-electron chi connectivity index (χ3n) is 9.30. The van der Waals surface area contributed by atoms with Crippen molar-refractivity contribution in [2.75, 3.05) is 26.2 Å². The maximum absolute atomic E-state index is 12.6. The summed E-state index contributed by atoms with van der Waals surface area (Å²) in [6, 6.07) is 0. The van der Waals surface area contributed by atoms with Gasteiger partial charge >= 0.3 is 7.60 Å². The highest BCUT2D eigenvalue weighted by Crippen LogP contribution is 2.67. The van der Waals surface area contributed by atoms with Crippen molar-refractivity contribution in [3.63, 3.8) is 0 Å². The van der Waals surface area contributed by atoms with E-state index in [1.165, 1.54) is 0 Å². The van der Waals surface area contributed by atoms with Crippen molar-refractivity contribution in [1.29, 1.82) is 0 Å². The number of fused-ring (bicyclic) bond motifs is 5. The van der Waals surface area contributed by atoms with E-state index < -0.39 is 42.5 Å². The standard InChI is InChI=1S/C26H40NO8P/c1-5-34-36(32,35-6-2)16-33-27-18-9-11-24(3)17(13-18)7-8-19-20-10-12-26(31,22(30)15-28)25(20,4)14-21(29)23(19)24/h9,11,13,19-21,23,28-29,31H,5-8,10,12,14-16H2,1-4H3/b27-18-/t19?,20?,21-,23?,24-,25-,26-/m0/s1. The van der Waals surface area contributed by atoms with Gasteiger partial charge in [0.15, 0.2) is 5.78 Å². The van der Waals surface area contributed by atoms with Gasteiger partial charge < -0.3 is 29.2 Å². The van der Waals surface area contributed by atoms with Crippen LogP contribution in [0.2, 0.25) is 0 Å². The molecule has 7 atom stereocenters. The van der Waals surface area contributed by atoms with Gasteiger partial charge in [0, 0.05) is 16.7 Å². The Bertz CT molecular complexity index is 1000. The zero-order valence-electron chi connectivity index (χ0n) is 21.7. The molecule has 0 spiro atoms. The van der Waals surface area contributed by atoms with Gasteiger partial charge in [-0.15, -0.1) is 0 Å². The molecule has 0 heterocycles. The number of hydrogen-bond acceptors (Lipinski definition) is 9. The Morgan fingerprint density at radius 3 is 2.56 bits per heavy atom. The lowest BCUT2D eigenvalue weighted by atomic mass is 9.46. The molecule has 0 aliphatic heterocycles. The van der Waals surface area contributed by atoms with Crippen molar-refractivity contribution in [3.05, 3.63) is 23.8 Å². The van der Waals surface area contributed by atoms with Crippen molar-refractivity contribution in [2.45, 2.75) is 71.5 Å². The van der Waals surface area contributed by atoms with Crippen LogP contribution in [0, 0.1) is 28.6 Å². The molecule has 4 rings (SSSR count). The second kappa shape index (κ2) is 10.1. The smallest absolute Gasteiger partial charge is 0.370 e. The van der Waals surface area contributed by atoms with Gasteiger partial charge in [-0.25, -0.2) is 0 Å². The van der Waals surface area contributed by atoms with Crippen LogP contribution in [0.1, 0.15) is 59.8 Å². The van der Waals surface area contributed by atoms with Crippen LogP contribution >= 0.6 is 7.60 Å². The number of oxime groups is 1. The molecule has 3 unspecified atom stereocenters. The molecule has 0 aromatic carbocycles. The summed E-state index contributed by atoms with van der Waals surface area (Å²) in [5.74, 6) is -0.374. The van der Waals surface area contributed by atoms with Gasteiger partial charge in [0.25, 0.3) is 0 Å². The number of allylic oxidation sites excluding steroid dienone is 4. The van der Waals surface area contributed by atoms with Crippen molar-refractivity contribution >= 4 is 19.1 Å². The van der Waals surface area contributed by atoms with E-state index in [1.807, 2.05) is 19.1 Å². The van der Waals surface area contributed by atoms with E-state index in [1.54, 1.807) is 13.8 Å². The summed E-state index contributed by atoms with van der Waals surface area (Å²) >= 11 is 0. The Labute approximate surface area is 213 Å². The lowest BCUT2D eigenvalue weighted by Crippen LogP contribution is -2.61. The highest BCUT2D eigenvalue weighted by atomic mass is 31.2. The molecule has 0 bridgehead atoms. The van der Waals surface area contributed by atoms with Crippen LogP contribution in [0.3, 0.4) is 0 Å². The Hall–Kier alpha value is -1.35. The number of carbonyl (C=O) groups excluding carboxylic acids is 1. The van der Waals surface area contributed by atoms with E-state index in [0.29, 0.717) is 25.0 Å². The molecule has 0 aromatic rings. The highest BCUT2D eigenvalue weighted by molar-refractivity contribution is 7.53. The molecule has 3 fully saturated rings. The number of carbonyl (C=O) groups is 1. The van der Waals surface area contributed by atoms with E-state index >= 15 is 0 Å². The van der Waals surface area contributed by atoms with Crippen molar-refractivity contribution in [3.8, 4) is 0 Å². The zero-order valence-corrected chi connectivity index (χ0v) is 22.6. The molecule has 4 aliphatic rings. The van der Waals surface area contributed by atoms with E-state index in [2.05, 4.69) is 18.2 Å². The molecule has 10 heteroatoms. The molecule has 0 aromatic heterocycles. The zero-order chi connectivity index (χ0) is 26.4. The number of nitrogens with zero attached hydrogens (tertiary/aromatic N) is 1. The predicted molar refractivity (Wildman–Crippen MR) is 134 cm³/mol. The van der Waals surface area contributed by atoms with Gasteiger partial charge in [-0.05, 0) is 69.9 Å². The molecule has 36 heavy (non-hydrogen) atoms. The molecule has 0 amide bonds. The topological polar surface area (TPSA) is 135 Å². The van der Waals surface area contributed by atoms with Crippen LogP contribution in [0.5, 0.6) is 0 Å². The van der Waals surface area contributed by atoms with Gasteiger partial charge in [0.05, 0.1) is 19.3 Å². The minimum Gasteiger partial charge on any atom is -0.393 e. The number of Topliss-reactive ketones (excluding diaryl/α,β-unsaturated/α-hetero) is 1. The molecule has 3 saturated carbocycles. The average Bonchev–Trinajstić information content (AvgIpc) is 3.09. The molecule has 202 valence electrons. The van der Waals surface area contributed by atoms with Crippen molar-refractivity contribution in [1.82, 2.24) is 0 Å². The van der Waals surface area contributed by atoms with E-state index in [0.717, 1.165) is 18.4 Å². The van der Waals surface area contributed by atoms with E-state index in [4.69, 9.17) is 13.9 Å². The number of rotatable bonds is 9. The quantitative estimate of drug-likeness (QED) is 0.307. The normalized spacial score (nSPS) is 40.9. The molecule has 4 aliphatic carbocycles. The number of ketones is 1. The highest BCUT2D eigenvalue weighted by Gasteiger charge is 2.67. The summed E-state index contributed by atoms with van der Waals surface area (Å²) in [5, 5.41) is 36.5. The van der Waals surface area contributed by atoms with E-state index in [9.17, 15) is 24.7 Å². The van der Waals surface area contributed by atoms with Gasteiger partial charge in [0.2, 0.25) is 6.35 Å². The number of aliphatic hydroxyl groups excluding tert-OH is 2. The van der Waals surface area contributed by atoms with Crippen LogP contribution in [0.15, 0.2) is 29.0 Å². The molecular weight excluding hydrogens is 485 g/mol. The maximum Gasteiger partial charge on any atom is 0.370 e. The monoisotopic (exact) mass is 525 g/mol. The fraction of sp³-hybridized carbons (Fsp3) is 0.769. The second-order valence-corrected chi connectivity index (χ2v) is 13.0. The van der Waals surface area contributed by atoms with Gasteiger partial charge in [-0.2, -0.15) is 0 Å². The summed E-state index contributed by atoms with van der Waals surface area (Å²) in [5.41, 5.74) is -1.01. The lowest BCUT2D eigenvalue weighted by Gasteiger charge is -2.59.